The van der Waals surface area contributed by atoms with Gasteiger partial charge < -0.3 is 19.4 Å². The number of rotatable bonds is 7. The van der Waals surface area contributed by atoms with E-state index in [1.807, 2.05) is 12.1 Å². The average molecular weight is 387 g/mol. The largest absolute Gasteiger partial charge is 0.481 e. The van der Waals surface area contributed by atoms with Gasteiger partial charge in [-0.3, -0.25) is 4.79 Å². The molecule has 8 heteroatoms. The van der Waals surface area contributed by atoms with Gasteiger partial charge in [-0.25, -0.2) is 4.39 Å². The molecule has 1 aliphatic heterocycles. The lowest BCUT2D eigenvalue weighted by atomic mass is 10.3. The zero-order valence-corrected chi connectivity index (χ0v) is 16.3. The Labute approximate surface area is 164 Å². The summed E-state index contributed by atoms with van der Waals surface area (Å²) in [6, 6.07) is 10.0. The van der Waals surface area contributed by atoms with Crippen molar-refractivity contribution in [3.05, 3.63) is 42.2 Å². The van der Waals surface area contributed by atoms with Gasteiger partial charge in [0.2, 0.25) is 0 Å². The number of halogens is 1. The Bertz CT molecular complexity index is 774. The van der Waals surface area contributed by atoms with Crippen molar-refractivity contribution in [2.45, 2.75) is 13.8 Å². The Morgan fingerprint density at radius 3 is 2.39 bits per heavy atom. The number of carbonyl (C=O) groups is 1. The number of ether oxygens (including phenoxy) is 1. The second kappa shape index (κ2) is 9.34. The highest BCUT2D eigenvalue weighted by molar-refractivity contribution is 5.78. The van der Waals surface area contributed by atoms with E-state index < -0.39 is 5.82 Å². The number of para-hydroxylation sites is 1. The summed E-state index contributed by atoms with van der Waals surface area (Å²) in [6.45, 7) is 8.27. The van der Waals surface area contributed by atoms with E-state index in [0.29, 0.717) is 26.2 Å². The number of anilines is 2. The van der Waals surface area contributed by atoms with Crippen LogP contribution < -0.4 is 14.5 Å². The van der Waals surface area contributed by atoms with Gasteiger partial charge in [-0.1, -0.05) is 12.1 Å². The molecule has 7 nitrogen and oxygen atoms in total. The molecule has 1 amide bonds. The highest BCUT2D eigenvalue weighted by Gasteiger charge is 2.23. The van der Waals surface area contributed by atoms with Crippen molar-refractivity contribution in [2.75, 3.05) is 55.7 Å². The van der Waals surface area contributed by atoms with Crippen LogP contribution in [-0.2, 0) is 4.79 Å². The number of piperazine rings is 1. The first-order valence-corrected chi connectivity index (χ1v) is 9.61. The van der Waals surface area contributed by atoms with E-state index in [0.717, 1.165) is 24.7 Å². The zero-order valence-electron chi connectivity index (χ0n) is 16.3. The molecule has 0 bridgehead atoms. The number of amides is 1. The topological polar surface area (TPSA) is 61.8 Å². The van der Waals surface area contributed by atoms with Gasteiger partial charge >= 0.3 is 0 Å². The molecular formula is C20H26FN5O2. The molecule has 0 radical (unpaired) electrons. The minimum atomic E-state index is -0.466. The van der Waals surface area contributed by atoms with Gasteiger partial charge in [0.15, 0.2) is 29.8 Å². The Balaban J connectivity index is 1.50. The molecule has 0 aliphatic carbocycles. The molecule has 2 heterocycles. The van der Waals surface area contributed by atoms with Crippen molar-refractivity contribution in [3.8, 4) is 5.75 Å². The second-order valence-corrected chi connectivity index (χ2v) is 6.51. The van der Waals surface area contributed by atoms with E-state index in [-0.39, 0.29) is 18.3 Å². The van der Waals surface area contributed by atoms with E-state index in [1.54, 1.807) is 17.0 Å². The molecule has 0 N–H and O–H groups in total. The van der Waals surface area contributed by atoms with Gasteiger partial charge in [0, 0.05) is 39.3 Å². The number of nitrogens with zero attached hydrogens (tertiary/aromatic N) is 5. The predicted molar refractivity (Wildman–Crippen MR) is 106 cm³/mol. The van der Waals surface area contributed by atoms with Crippen molar-refractivity contribution < 1.29 is 13.9 Å². The summed E-state index contributed by atoms with van der Waals surface area (Å²) >= 11 is 0. The van der Waals surface area contributed by atoms with Crippen molar-refractivity contribution in [3.63, 3.8) is 0 Å². The first-order chi connectivity index (χ1) is 13.6. The number of hydrogen-bond donors (Lipinski definition) is 0. The maximum atomic E-state index is 13.6. The fraction of sp³-hybridized carbons (Fsp3) is 0.450. The highest BCUT2D eigenvalue weighted by Crippen LogP contribution is 2.18. The van der Waals surface area contributed by atoms with Crippen molar-refractivity contribution in [1.29, 1.82) is 0 Å². The van der Waals surface area contributed by atoms with Gasteiger partial charge in [0.05, 0.1) is 0 Å². The third-order valence-corrected chi connectivity index (χ3v) is 4.87. The van der Waals surface area contributed by atoms with Crippen molar-refractivity contribution in [1.82, 2.24) is 15.1 Å². The summed E-state index contributed by atoms with van der Waals surface area (Å²) < 4.78 is 18.9. The van der Waals surface area contributed by atoms with E-state index in [9.17, 15) is 9.18 Å². The van der Waals surface area contributed by atoms with Crippen LogP contribution in [0.15, 0.2) is 36.4 Å². The number of benzene rings is 1. The van der Waals surface area contributed by atoms with Gasteiger partial charge in [-0.2, -0.15) is 0 Å². The minimum Gasteiger partial charge on any atom is -0.481 e. The standard InChI is InChI=1S/C20H26FN5O2/c1-3-24(4-2)18-9-10-19(23-22-18)25-11-13-26(14-12-25)20(27)15-28-17-8-6-5-7-16(17)21/h5-10H,3-4,11-15H2,1-2H3. The highest BCUT2D eigenvalue weighted by atomic mass is 19.1. The van der Waals surface area contributed by atoms with Crippen LogP contribution in [0.2, 0.25) is 0 Å². The predicted octanol–water partition coefficient (Wildman–Crippen LogP) is 2.19. The smallest absolute Gasteiger partial charge is 0.260 e. The van der Waals surface area contributed by atoms with Crippen LogP contribution in [0.25, 0.3) is 0 Å². The first kappa shape index (κ1) is 19.9. The molecule has 1 fully saturated rings. The maximum absolute atomic E-state index is 13.6. The maximum Gasteiger partial charge on any atom is 0.260 e. The normalized spacial score (nSPS) is 14.1. The molecular weight excluding hydrogens is 361 g/mol. The lowest BCUT2D eigenvalue weighted by Gasteiger charge is -2.35. The SMILES string of the molecule is CCN(CC)c1ccc(N2CCN(C(=O)COc3ccccc3F)CC2)nn1. The first-order valence-electron chi connectivity index (χ1n) is 9.61. The molecule has 1 saturated heterocycles. The number of aromatic nitrogens is 2. The lowest BCUT2D eigenvalue weighted by molar-refractivity contribution is -0.133. The van der Waals surface area contributed by atoms with Crippen LogP contribution in [0.5, 0.6) is 5.75 Å². The van der Waals surface area contributed by atoms with Gasteiger partial charge in [-0.15, -0.1) is 10.2 Å². The third-order valence-electron chi connectivity index (χ3n) is 4.87. The quantitative estimate of drug-likeness (QED) is 0.726. The van der Waals surface area contributed by atoms with Gasteiger partial charge in [-0.05, 0) is 38.1 Å². The summed E-state index contributed by atoms with van der Waals surface area (Å²) in [7, 11) is 0. The summed E-state index contributed by atoms with van der Waals surface area (Å²) in [5, 5.41) is 8.66. The molecule has 1 aromatic heterocycles. The molecule has 0 unspecified atom stereocenters. The summed E-state index contributed by atoms with van der Waals surface area (Å²) in [6.07, 6.45) is 0. The Morgan fingerprint density at radius 1 is 1.07 bits per heavy atom. The monoisotopic (exact) mass is 387 g/mol. The third kappa shape index (κ3) is 4.68. The summed E-state index contributed by atoms with van der Waals surface area (Å²) in [5.41, 5.74) is 0. The van der Waals surface area contributed by atoms with Crippen LogP contribution in [0.1, 0.15) is 13.8 Å². The molecule has 0 saturated carbocycles. The fourth-order valence-corrected chi connectivity index (χ4v) is 3.18. The average Bonchev–Trinajstić information content (AvgIpc) is 2.74. The van der Waals surface area contributed by atoms with E-state index in [1.165, 1.54) is 12.1 Å². The summed E-state index contributed by atoms with van der Waals surface area (Å²) in [5.74, 6) is 1.16. The number of hydrogen-bond acceptors (Lipinski definition) is 6. The van der Waals surface area contributed by atoms with E-state index in [2.05, 4.69) is 33.8 Å². The molecule has 150 valence electrons. The van der Waals surface area contributed by atoms with Crippen LogP contribution in [-0.4, -0.2) is 66.9 Å². The summed E-state index contributed by atoms with van der Waals surface area (Å²) in [4.78, 5) is 18.3. The van der Waals surface area contributed by atoms with Crippen LogP contribution in [0.4, 0.5) is 16.0 Å². The van der Waals surface area contributed by atoms with Gasteiger partial charge in [0.1, 0.15) is 0 Å². The molecule has 0 spiro atoms. The molecule has 2 aromatic rings. The minimum absolute atomic E-state index is 0.0954. The van der Waals surface area contributed by atoms with Crippen LogP contribution in [0, 0.1) is 5.82 Å². The van der Waals surface area contributed by atoms with Crippen molar-refractivity contribution >= 4 is 17.5 Å². The van der Waals surface area contributed by atoms with Gasteiger partial charge in [0.25, 0.3) is 5.91 Å². The molecule has 0 atom stereocenters. The zero-order chi connectivity index (χ0) is 19.9. The second-order valence-electron chi connectivity index (χ2n) is 6.51. The molecule has 28 heavy (non-hydrogen) atoms. The van der Waals surface area contributed by atoms with Crippen LogP contribution >= 0.6 is 0 Å². The molecule has 3 rings (SSSR count). The van der Waals surface area contributed by atoms with Crippen LogP contribution in [0.3, 0.4) is 0 Å². The fourth-order valence-electron chi connectivity index (χ4n) is 3.18. The Hall–Kier alpha value is -2.90. The number of carbonyl (C=O) groups excluding carboxylic acids is 1. The molecule has 1 aromatic carbocycles. The Morgan fingerprint density at radius 2 is 1.79 bits per heavy atom. The molecule has 1 aliphatic rings. The van der Waals surface area contributed by atoms with E-state index in [4.69, 9.17) is 4.74 Å². The Kier molecular flexibility index (Phi) is 6.62. The van der Waals surface area contributed by atoms with E-state index >= 15 is 0 Å². The van der Waals surface area contributed by atoms with Crippen molar-refractivity contribution in [2.24, 2.45) is 0 Å². The lowest BCUT2D eigenvalue weighted by Crippen LogP contribution is -2.50.